The van der Waals surface area contributed by atoms with Gasteiger partial charge in [0.05, 0.1) is 6.20 Å². The van der Waals surface area contributed by atoms with Gasteiger partial charge in [-0.3, -0.25) is 0 Å². The molecule has 0 radical (unpaired) electrons. The molecule has 1 aromatic heterocycles. The molecule has 1 rings (SSSR count). The standard InChI is InChI=1S/C5H7ClN2O.ClH/c1-8-4(6)2-7-5(8)3-9;/h2,9H,3H2,1H3;1H. The van der Waals surface area contributed by atoms with Crippen molar-refractivity contribution in [3.8, 4) is 0 Å². The van der Waals surface area contributed by atoms with Crippen LogP contribution in [0.4, 0.5) is 0 Å². The summed E-state index contributed by atoms with van der Waals surface area (Å²) in [5, 5.41) is 9.13. The van der Waals surface area contributed by atoms with Gasteiger partial charge < -0.3 is 9.67 Å². The molecule has 0 bridgehead atoms. The van der Waals surface area contributed by atoms with E-state index < -0.39 is 0 Å². The Bertz CT molecular complexity index is 211. The molecule has 0 saturated carbocycles. The van der Waals surface area contributed by atoms with Crippen LogP contribution in [0.1, 0.15) is 5.82 Å². The zero-order chi connectivity index (χ0) is 6.85. The molecule has 0 fully saturated rings. The van der Waals surface area contributed by atoms with E-state index in [1.807, 2.05) is 0 Å². The van der Waals surface area contributed by atoms with Gasteiger partial charge in [-0.2, -0.15) is 0 Å². The summed E-state index contributed by atoms with van der Waals surface area (Å²) in [6.45, 7) is -0.0662. The maximum absolute atomic E-state index is 8.59. The van der Waals surface area contributed by atoms with Crippen molar-refractivity contribution in [2.75, 3.05) is 0 Å². The SMILES string of the molecule is Cl.Cn1c(Cl)cnc1CO. The van der Waals surface area contributed by atoms with Crippen LogP contribution in [0, 0.1) is 0 Å². The molecule has 0 aliphatic rings. The normalized spacial score (nSPS) is 9.10. The number of aliphatic hydroxyl groups excluding tert-OH is 1. The Kier molecular flexibility index (Phi) is 3.71. The summed E-state index contributed by atoms with van der Waals surface area (Å²) in [4.78, 5) is 3.81. The third-order valence-electron chi connectivity index (χ3n) is 1.17. The number of halogens is 2. The van der Waals surface area contributed by atoms with Gasteiger partial charge in [-0.1, -0.05) is 11.6 Å². The van der Waals surface area contributed by atoms with Crippen LogP contribution in [0.3, 0.4) is 0 Å². The Morgan fingerprint density at radius 1 is 1.80 bits per heavy atom. The average Bonchev–Trinajstić information content (AvgIpc) is 2.15. The molecule has 0 aromatic carbocycles. The Balaban J connectivity index is 0.000000810. The molecular weight excluding hydrogens is 175 g/mol. The first-order valence-electron chi connectivity index (χ1n) is 2.52. The summed E-state index contributed by atoms with van der Waals surface area (Å²) in [5.74, 6) is 0.583. The first-order chi connectivity index (χ1) is 4.25. The lowest BCUT2D eigenvalue weighted by atomic mass is 10.6. The third kappa shape index (κ3) is 1.62. The summed E-state index contributed by atoms with van der Waals surface area (Å²) in [5.41, 5.74) is 0. The van der Waals surface area contributed by atoms with Gasteiger partial charge in [0.2, 0.25) is 0 Å². The van der Waals surface area contributed by atoms with E-state index >= 15 is 0 Å². The lowest BCUT2D eigenvalue weighted by Gasteiger charge is -1.95. The second-order valence-corrected chi connectivity index (χ2v) is 2.10. The van der Waals surface area contributed by atoms with Crippen molar-refractivity contribution in [1.82, 2.24) is 9.55 Å². The summed E-state index contributed by atoms with van der Waals surface area (Å²) >= 11 is 5.60. The van der Waals surface area contributed by atoms with E-state index in [9.17, 15) is 0 Å². The molecule has 0 spiro atoms. The number of hydrogen-bond donors (Lipinski definition) is 1. The highest BCUT2D eigenvalue weighted by Gasteiger charge is 2.00. The van der Waals surface area contributed by atoms with Crippen molar-refractivity contribution in [2.45, 2.75) is 6.61 Å². The average molecular weight is 183 g/mol. The van der Waals surface area contributed by atoms with Crippen LogP contribution in [0.25, 0.3) is 0 Å². The predicted octanol–water partition coefficient (Wildman–Crippen LogP) is 0.988. The smallest absolute Gasteiger partial charge is 0.135 e. The molecule has 58 valence electrons. The number of aliphatic hydroxyl groups is 1. The number of rotatable bonds is 1. The van der Waals surface area contributed by atoms with E-state index in [-0.39, 0.29) is 19.0 Å². The van der Waals surface area contributed by atoms with Gasteiger partial charge in [-0.05, 0) is 0 Å². The molecule has 1 heterocycles. The maximum Gasteiger partial charge on any atom is 0.135 e. The van der Waals surface area contributed by atoms with Gasteiger partial charge in [0.15, 0.2) is 0 Å². The van der Waals surface area contributed by atoms with Crippen LogP contribution < -0.4 is 0 Å². The summed E-state index contributed by atoms with van der Waals surface area (Å²) < 4.78 is 1.63. The molecule has 1 aromatic rings. The molecule has 0 unspecified atom stereocenters. The highest BCUT2D eigenvalue weighted by Crippen LogP contribution is 2.07. The lowest BCUT2D eigenvalue weighted by molar-refractivity contribution is 0.267. The van der Waals surface area contributed by atoms with Gasteiger partial charge >= 0.3 is 0 Å². The topological polar surface area (TPSA) is 38.0 Å². The highest BCUT2D eigenvalue weighted by molar-refractivity contribution is 6.29. The molecule has 1 N–H and O–H groups in total. The van der Waals surface area contributed by atoms with Crippen molar-refractivity contribution in [3.63, 3.8) is 0 Å². The largest absolute Gasteiger partial charge is 0.388 e. The van der Waals surface area contributed by atoms with Gasteiger partial charge in [0.25, 0.3) is 0 Å². The van der Waals surface area contributed by atoms with Gasteiger partial charge in [-0.25, -0.2) is 4.98 Å². The van der Waals surface area contributed by atoms with Gasteiger partial charge in [-0.15, -0.1) is 12.4 Å². The monoisotopic (exact) mass is 182 g/mol. The summed E-state index contributed by atoms with van der Waals surface area (Å²) in [6.07, 6.45) is 1.51. The van der Waals surface area contributed by atoms with E-state index in [1.54, 1.807) is 11.6 Å². The molecule has 0 atom stereocenters. The van der Waals surface area contributed by atoms with Crippen molar-refractivity contribution < 1.29 is 5.11 Å². The van der Waals surface area contributed by atoms with E-state index in [0.717, 1.165) is 0 Å². The Hall–Kier alpha value is -0.250. The van der Waals surface area contributed by atoms with Crippen LogP contribution in [-0.2, 0) is 13.7 Å². The van der Waals surface area contributed by atoms with E-state index in [4.69, 9.17) is 16.7 Å². The maximum atomic E-state index is 8.59. The van der Waals surface area contributed by atoms with E-state index in [1.165, 1.54) is 6.20 Å². The highest BCUT2D eigenvalue weighted by atomic mass is 35.5. The second-order valence-electron chi connectivity index (χ2n) is 1.71. The number of hydrogen-bond acceptors (Lipinski definition) is 2. The molecule has 5 heteroatoms. The first kappa shape index (κ1) is 9.75. The molecule has 0 amide bonds. The summed E-state index contributed by atoms with van der Waals surface area (Å²) in [6, 6.07) is 0. The molecule has 0 aliphatic carbocycles. The molecule has 3 nitrogen and oxygen atoms in total. The lowest BCUT2D eigenvalue weighted by Crippen LogP contribution is -1.96. The Morgan fingerprint density at radius 2 is 2.40 bits per heavy atom. The molecule has 0 saturated heterocycles. The van der Waals surface area contributed by atoms with Crippen LogP contribution in [0.5, 0.6) is 0 Å². The number of aromatic nitrogens is 2. The fourth-order valence-corrected chi connectivity index (χ4v) is 0.718. The quantitative estimate of drug-likeness (QED) is 0.704. The fourth-order valence-electron chi connectivity index (χ4n) is 0.571. The second kappa shape index (κ2) is 3.81. The first-order valence-corrected chi connectivity index (χ1v) is 2.90. The van der Waals surface area contributed by atoms with Crippen molar-refractivity contribution in [2.24, 2.45) is 7.05 Å². The van der Waals surface area contributed by atoms with Gasteiger partial charge in [0.1, 0.15) is 17.6 Å². The fraction of sp³-hybridized carbons (Fsp3) is 0.400. The van der Waals surface area contributed by atoms with Crippen molar-refractivity contribution >= 4 is 24.0 Å². The van der Waals surface area contributed by atoms with Gasteiger partial charge in [0, 0.05) is 7.05 Å². The summed E-state index contributed by atoms with van der Waals surface area (Å²) in [7, 11) is 1.75. The third-order valence-corrected chi connectivity index (χ3v) is 1.52. The van der Waals surface area contributed by atoms with Crippen molar-refractivity contribution in [1.29, 1.82) is 0 Å². The van der Waals surface area contributed by atoms with Crippen LogP contribution in [-0.4, -0.2) is 14.7 Å². The molecule has 10 heavy (non-hydrogen) atoms. The Morgan fingerprint density at radius 3 is 2.60 bits per heavy atom. The number of imidazole rings is 1. The van der Waals surface area contributed by atoms with E-state index in [2.05, 4.69) is 4.98 Å². The molecule has 0 aliphatic heterocycles. The zero-order valence-electron chi connectivity index (χ0n) is 5.41. The van der Waals surface area contributed by atoms with Crippen molar-refractivity contribution in [3.05, 3.63) is 17.2 Å². The zero-order valence-corrected chi connectivity index (χ0v) is 6.98. The minimum Gasteiger partial charge on any atom is -0.388 e. The minimum atomic E-state index is -0.0662. The Labute approximate surface area is 70.1 Å². The predicted molar refractivity (Wildman–Crippen MR) is 41.4 cm³/mol. The van der Waals surface area contributed by atoms with Crippen LogP contribution in [0.2, 0.25) is 5.15 Å². The number of nitrogens with zero attached hydrogens (tertiary/aromatic N) is 2. The molecular formula is C5H8Cl2N2O. The van der Waals surface area contributed by atoms with Crippen LogP contribution in [0.15, 0.2) is 6.20 Å². The minimum absolute atomic E-state index is 0. The van der Waals surface area contributed by atoms with E-state index in [0.29, 0.717) is 11.0 Å². The van der Waals surface area contributed by atoms with Crippen LogP contribution >= 0.6 is 24.0 Å².